The van der Waals surface area contributed by atoms with Crippen molar-refractivity contribution >= 4 is 11.7 Å². The number of amides is 1. The van der Waals surface area contributed by atoms with Crippen LogP contribution in [0.4, 0.5) is 19.0 Å². The molecule has 0 N–H and O–H groups in total. The number of hydrogen-bond donors (Lipinski definition) is 0. The SMILES string of the molecule is CCC(=O)N(CC1(N2CCN(CCc3ccccc3)CC2)CCOCC1)c1cccc(C(F)(F)F)n1. The molecule has 2 aliphatic heterocycles. The van der Waals surface area contributed by atoms with Crippen molar-refractivity contribution in [3.05, 3.63) is 59.8 Å². The lowest BCUT2D eigenvalue weighted by atomic mass is 9.86. The molecule has 0 spiro atoms. The first-order valence-corrected chi connectivity index (χ1v) is 12.7. The number of alkyl halides is 3. The third-order valence-corrected chi connectivity index (χ3v) is 7.38. The Morgan fingerprint density at radius 3 is 2.36 bits per heavy atom. The number of pyridine rings is 1. The molecule has 1 amide bonds. The highest BCUT2D eigenvalue weighted by Crippen LogP contribution is 2.33. The molecule has 2 aliphatic rings. The summed E-state index contributed by atoms with van der Waals surface area (Å²) >= 11 is 0. The monoisotopic (exact) mass is 504 g/mol. The molecule has 1 aromatic carbocycles. The molecule has 9 heteroatoms. The molecule has 36 heavy (non-hydrogen) atoms. The molecule has 0 bridgehead atoms. The minimum atomic E-state index is -4.57. The Morgan fingerprint density at radius 1 is 1.03 bits per heavy atom. The lowest BCUT2D eigenvalue weighted by Gasteiger charge is -2.51. The second kappa shape index (κ2) is 11.7. The zero-order valence-electron chi connectivity index (χ0n) is 20.8. The molecule has 1 aromatic heterocycles. The van der Waals surface area contributed by atoms with Gasteiger partial charge in [0.05, 0.1) is 0 Å². The first kappa shape index (κ1) is 26.6. The molecular formula is C27H35F3N4O2. The Bertz CT molecular complexity index is 988. The topological polar surface area (TPSA) is 48.9 Å². The molecule has 2 aromatic rings. The Kier molecular flexibility index (Phi) is 8.64. The van der Waals surface area contributed by atoms with Crippen LogP contribution in [0.1, 0.15) is 37.4 Å². The summed E-state index contributed by atoms with van der Waals surface area (Å²) in [4.78, 5) is 23.2. The number of piperazine rings is 1. The number of rotatable bonds is 8. The minimum Gasteiger partial charge on any atom is -0.381 e. The van der Waals surface area contributed by atoms with Crippen molar-refractivity contribution in [1.29, 1.82) is 0 Å². The van der Waals surface area contributed by atoms with E-state index in [4.69, 9.17) is 4.74 Å². The van der Waals surface area contributed by atoms with Gasteiger partial charge in [-0.2, -0.15) is 13.2 Å². The first-order chi connectivity index (χ1) is 17.3. The molecule has 0 atom stereocenters. The van der Waals surface area contributed by atoms with Crippen LogP contribution >= 0.6 is 0 Å². The van der Waals surface area contributed by atoms with Gasteiger partial charge in [0.2, 0.25) is 5.91 Å². The number of carbonyl (C=O) groups is 1. The van der Waals surface area contributed by atoms with Gasteiger partial charge in [-0.3, -0.25) is 14.6 Å². The normalized spacial score (nSPS) is 19.2. The Balaban J connectivity index is 1.49. The summed E-state index contributed by atoms with van der Waals surface area (Å²) in [7, 11) is 0. The summed E-state index contributed by atoms with van der Waals surface area (Å²) in [6.45, 7) is 7.68. The van der Waals surface area contributed by atoms with Crippen LogP contribution in [0.15, 0.2) is 48.5 Å². The Morgan fingerprint density at radius 2 is 1.72 bits per heavy atom. The van der Waals surface area contributed by atoms with Crippen LogP contribution in [-0.2, 0) is 22.1 Å². The van der Waals surface area contributed by atoms with E-state index in [9.17, 15) is 18.0 Å². The molecule has 0 saturated carbocycles. The molecule has 0 unspecified atom stereocenters. The number of anilines is 1. The number of nitrogens with zero attached hydrogens (tertiary/aromatic N) is 4. The fourth-order valence-corrected chi connectivity index (χ4v) is 5.22. The highest BCUT2D eigenvalue weighted by molar-refractivity contribution is 5.92. The van der Waals surface area contributed by atoms with Crippen LogP contribution in [0.5, 0.6) is 0 Å². The number of aromatic nitrogens is 1. The first-order valence-electron chi connectivity index (χ1n) is 12.7. The van der Waals surface area contributed by atoms with Gasteiger partial charge in [0.15, 0.2) is 0 Å². The number of carbonyl (C=O) groups excluding carboxylic acids is 1. The van der Waals surface area contributed by atoms with Gasteiger partial charge in [-0.05, 0) is 37.0 Å². The van der Waals surface area contributed by atoms with E-state index in [1.165, 1.54) is 22.6 Å². The minimum absolute atomic E-state index is 0.0593. The van der Waals surface area contributed by atoms with E-state index >= 15 is 0 Å². The molecule has 0 radical (unpaired) electrons. The molecule has 6 nitrogen and oxygen atoms in total. The second-order valence-corrected chi connectivity index (χ2v) is 9.61. The zero-order chi connectivity index (χ0) is 25.6. The maximum atomic E-state index is 13.4. The van der Waals surface area contributed by atoms with Gasteiger partial charge in [0.1, 0.15) is 11.5 Å². The number of halogens is 3. The summed E-state index contributed by atoms with van der Waals surface area (Å²) in [5.74, 6) is -0.168. The van der Waals surface area contributed by atoms with E-state index in [2.05, 4.69) is 39.0 Å². The summed E-state index contributed by atoms with van der Waals surface area (Å²) in [5.41, 5.74) is -0.0186. The number of benzene rings is 1. The largest absolute Gasteiger partial charge is 0.433 e. The second-order valence-electron chi connectivity index (χ2n) is 9.61. The quantitative estimate of drug-likeness (QED) is 0.538. The predicted molar refractivity (Wildman–Crippen MR) is 133 cm³/mol. The van der Waals surface area contributed by atoms with Gasteiger partial charge in [-0.15, -0.1) is 0 Å². The molecule has 2 saturated heterocycles. The maximum Gasteiger partial charge on any atom is 0.433 e. The molecule has 0 aliphatic carbocycles. The zero-order valence-corrected chi connectivity index (χ0v) is 20.8. The van der Waals surface area contributed by atoms with Gasteiger partial charge >= 0.3 is 6.18 Å². The van der Waals surface area contributed by atoms with Crippen molar-refractivity contribution in [3.63, 3.8) is 0 Å². The fraction of sp³-hybridized carbons (Fsp3) is 0.556. The van der Waals surface area contributed by atoms with Crippen LogP contribution in [-0.4, -0.2) is 78.7 Å². The lowest BCUT2D eigenvalue weighted by Crippen LogP contribution is -2.63. The highest BCUT2D eigenvalue weighted by Gasteiger charge is 2.43. The van der Waals surface area contributed by atoms with E-state index in [0.717, 1.165) is 58.1 Å². The smallest absolute Gasteiger partial charge is 0.381 e. The summed E-state index contributed by atoms with van der Waals surface area (Å²) < 4.78 is 45.7. The summed E-state index contributed by atoms with van der Waals surface area (Å²) in [6.07, 6.45) is -1.92. The van der Waals surface area contributed by atoms with Crippen molar-refractivity contribution in [1.82, 2.24) is 14.8 Å². The van der Waals surface area contributed by atoms with Gasteiger partial charge in [-0.25, -0.2) is 4.98 Å². The van der Waals surface area contributed by atoms with Gasteiger partial charge in [0.25, 0.3) is 0 Å². The van der Waals surface area contributed by atoms with Crippen LogP contribution in [0.3, 0.4) is 0 Å². The fourth-order valence-electron chi connectivity index (χ4n) is 5.22. The van der Waals surface area contributed by atoms with Gasteiger partial charge < -0.3 is 9.64 Å². The van der Waals surface area contributed by atoms with Crippen LogP contribution in [0.25, 0.3) is 0 Å². The van der Waals surface area contributed by atoms with E-state index in [-0.39, 0.29) is 23.7 Å². The standard InChI is InChI=1S/C27H35F3N4O2/c1-2-25(35)34(24-10-6-9-23(31-24)27(28,29)30)21-26(12-19-36-20-13-26)33-17-15-32(16-18-33)14-11-22-7-4-3-5-8-22/h3-10H,2,11-21H2,1H3. The predicted octanol–water partition coefficient (Wildman–Crippen LogP) is 4.25. The van der Waals surface area contributed by atoms with E-state index in [1.54, 1.807) is 6.92 Å². The average molecular weight is 505 g/mol. The number of ether oxygens (including phenoxy) is 1. The lowest BCUT2D eigenvalue weighted by molar-refractivity contribution is -0.141. The summed E-state index contributed by atoms with van der Waals surface area (Å²) in [6, 6.07) is 14.2. The van der Waals surface area contributed by atoms with Crippen molar-refractivity contribution in [2.45, 2.75) is 44.3 Å². The van der Waals surface area contributed by atoms with Crippen molar-refractivity contribution in [3.8, 4) is 0 Å². The maximum absolute atomic E-state index is 13.4. The molecule has 4 rings (SSSR count). The van der Waals surface area contributed by atoms with Crippen LogP contribution in [0.2, 0.25) is 0 Å². The highest BCUT2D eigenvalue weighted by atomic mass is 19.4. The van der Waals surface area contributed by atoms with E-state index in [0.29, 0.717) is 19.8 Å². The van der Waals surface area contributed by atoms with Crippen molar-refractivity contribution < 1.29 is 22.7 Å². The van der Waals surface area contributed by atoms with Gasteiger partial charge in [-0.1, -0.05) is 43.3 Å². The van der Waals surface area contributed by atoms with Crippen molar-refractivity contribution in [2.75, 3.05) is 57.4 Å². The van der Waals surface area contributed by atoms with Crippen LogP contribution < -0.4 is 4.90 Å². The van der Waals surface area contributed by atoms with E-state index in [1.807, 2.05) is 6.07 Å². The molecule has 196 valence electrons. The van der Waals surface area contributed by atoms with Gasteiger partial charge in [0, 0.05) is 64.4 Å². The third-order valence-electron chi connectivity index (χ3n) is 7.38. The Labute approximate surface area is 211 Å². The average Bonchev–Trinajstić information content (AvgIpc) is 2.91. The molecule has 3 heterocycles. The molecular weight excluding hydrogens is 469 g/mol. The van der Waals surface area contributed by atoms with Crippen molar-refractivity contribution in [2.24, 2.45) is 0 Å². The van der Waals surface area contributed by atoms with Crippen LogP contribution in [0, 0.1) is 0 Å². The third kappa shape index (κ3) is 6.44. The summed E-state index contributed by atoms with van der Waals surface area (Å²) in [5, 5.41) is 0. The molecule has 2 fully saturated rings. The van der Waals surface area contributed by atoms with E-state index < -0.39 is 11.9 Å². The number of hydrogen-bond acceptors (Lipinski definition) is 5. The Hall–Kier alpha value is -2.49.